The summed E-state index contributed by atoms with van der Waals surface area (Å²) in [6, 6.07) is 7.78. The SMILES string of the molecule is O=C(CNCC1CC1)Nc1ccc(-c2nccs2)cc1. The third-order valence-corrected chi connectivity index (χ3v) is 4.09. The lowest BCUT2D eigenvalue weighted by atomic mass is 10.2. The largest absolute Gasteiger partial charge is 0.325 e. The molecule has 0 unspecified atom stereocenters. The topological polar surface area (TPSA) is 54.0 Å². The third kappa shape index (κ3) is 3.65. The Bertz CT molecular complexity index is 561. The second-order valence-corrected chi connectivity index (χ2v) is 5.93. The first kappa shape index (κ1) is 13.3. The number of benzene rings is 1. The lowest BCUT2D eigenvalue weighted by Gasteiger charge is -2.06. The molecule has 4 nitrogen and oxygen atoms in total. The molecule has 5 heteroatoms. The number of carbonyl (C=O) groups is 1. The minimum Gasteiger partial charge on any atom is -0.325 e. The van der Waals surface area contributed by atoms with Gasteiger partial charge >= 0.3 is 0 Å². The van der Waals surface area contributed by atoms with Crippen LogP contribution in [0, 0.1) is 5.92 Å². The van der Waals surface area contributed by atoms with Gasteiger partial charge in [0.25, 0.3) is 0 Å². The average molecular weight is 287 g/mol. The van der Waals surface area contributed by atoms with E-state index in [1.54, 1.807) is 17.5 Å². The molecule has 20 heavy (non-hydrogen) atoms. The van der Waals surface area contributed by atoms with Gasteiger partial charge in [-0.25, -0.2) is 4.98 Å². The van der Waals surface area contributed by atoms with Crippen molar-refractivity contribution in [3.63, 3.8) is 0 Å². The highest BCUT2D eigenvalue weighted by atomic mass is 32.1. The molecule has 1 fully saturated rings. The van der Waals surface area contributed by atoms with E-state index in [4.69, 9.17) is 0 Å². The van der Waals surface area contributed by atoms with E-state index in [0.717, 1.165) is 28.7 Å². The van der Waals surface area contributed by atoms with E-state index < -0.39 is 0 Å². The number of anilines is 1. The Balaban J connectivity index is 1.50. The van der Waals surface area contributed by atoms with Gasteiger partial charge in [-0.15, -0.1) is 11.3 Å². The molecule has 1 aromatic heterocycles. The fourth-order valence-electron chi connectivity index (χ4n) is 1.98. The van der Waals surface area contributed by atoms with Gasteiger partial charge in [-0.2, -0.15) is 0 Å². The van der Waals surface area contributed by atoms with Crippen molar-refractivity contribution in [2.24, 2.45) is 5.92 Å². The average Bonchev–Trinajstić information content (AvgIpc) is 3.11. The van der Waals surface area contributed by atoms with E-state index in [2.05, 4.69) is 15.6 Å². The van der Waals surface area contributed by atoms with Crippen molar-refractivity contribution in [3.8, 4) is 10.6 Å². The van der Waals surface area contributed by atoms with Gasteiger partial charge < -0.3 is 10.6 Å². The van der Waals surface area contributed by atoms with Crippen molar-refractivity contribution in [2.45, 2.75) is 12.8 Å². The highest BCUT2D eigenvalue weighted by molar-refractivity contribution is 7.13. The molecule has 0 radical (unpaired) electrons. The van der Waals surface area contributed by atoms with Crippen LogP contribution in [0.5, 0.6) is 0 Å². The molecule has 1 heterocycles. The summed E-state index contributed by atoms with van der Waals surface area (Å²) in [5.41, 5.74) is 1.90. The molecule has 1 saturated carbocycles. The molecule has 104 valence electrons. The summed E-state index contributed by atoms with van der Waals surface area (Å²) in [5, 5.41) is 9.02. The lowest BCUT2D eigenvalue weighted by molar-refractivity contribution is -0.115. The summed E-state index contributed by atoms with van der Waals surface area (Å²) in [7, 11) is 0. The highest BCUT2D eigenvalue weighted by Gasteiger charge is 2.20. The van der Waals surface area contributed by atoms with Crippen LogP contribution >= 0.6 is 11.3 Å². The maximum atomic E-state index is 11.7. The number of nitrogens with one attached hydrogen (secondary N) is 2. The molecular formula is C15H17N3OS. The van der Waals surface area contributed by atoms with Gasteiger partial charge in [-0.05, 0) is 49.6 Å². The van der Waals surface area contributed by atoms with Gasteiger partial charge in [0.15, 0.2) is 0 Å². The number of thiazole rings is 1. The molecule has 0 bridgehead atoms. The van der Waals surface area contributed by atoms with E-state index in [0.29, 0.717) is 6.54 Å². The monoisotopic (exact) mass is 287 g/mol. The van der Waals surface area contributed by atoms with Gasteiger partial charge in [0.05, 0.1) is 6.54 Å². The maximum absolute atomic E-state index is 11.7. The standard InChI is InChI=1S/C15H17N3OS/c19-14(10-16-9-11-1-2-11)18-13-5-3-12(4-6-13)15-17-7-8-20-15/h3-8,11,16H,1-2,9-10H2,(H,18,19). The van der Waals surface area contributed by atoms with Crippen molar-refractivity contribution < 1.29 is 4.79 Å². The number of rotatable bonds is 6. The van der Waals surface area contributed by atoms with E-state index in [1.165, 1.54) is 12.8 Å². The van der Waals surface area contributed by atoms with Crippen LogP contribution in [0.15, 0.2) is 35.8 Å². The first-order chi connectivity index (χ1) is 9.81. The van der Waals surface area contributed by atoms with E-state index in [9.17, 15) is 4.79 Å². The maximum Gasteiger partial charge on any atom is 0.238 e. The zero-order valence-electron chi connectivity index (χ0n) is 11.1. The Morgan fingerprint density at radius 2 is 2.10 bits per heavy atom. The number of carbonyl (C=O) groups excluding carboxylic acids is 1. The van der Waals surface area contributed by atoms with Gasteiger partial charge in [-0.3, -0.25) is 4.79 Å². The molecule has 0 aliphatic heterocycles. The van der Waals surface area contributed by atoms with Crippen LogP contribution in [-0.4, -0.2) is 24.0 Å². The number of nitrogens with zero attached hydrogens (tertiary/aromatic N) is 1. The van der Waals surface area contributed by atoms with Crippen molar-refractivity contribution in [1.82, 2.24) is 10.3 Å². The smallest absolute Gasteiger partial charge is 0.238 e. The Hall–Kier alpha value is -1.72. The van der Waals surface area contributed by atoms with Gasteiger partial charge in [-0.1, -0.05) is 0 Å². The molecule has 2 aromatic rings. The summed E-state index contributed by atoms with van der Waals surface area (Å²) in [6.07, 6.45) is 4.39. The Morgan fingerprint density at radius 1 is 1.30 bits per heavy atom. The second kappa shape index (κ2) is 6.15. The van der Waals surface area contributed by atoms with Crippen LogP contribution < -0.4 is 10.6 Å². The molecule has 0 spiro atoms. The Morgan fingerprint density at radius 3 is 2.75 bits per heavy atom. The first-order valence-electron chi connectivity index (χ1n) is 6.82. The summed E-state index contributed by atoms with van der Waals surface area (Å²) >= 11 is 1.61. The van der Waals surface area contributed by atoms with Crippen LogP contribution in [0.4, 0.5) is 5.69 Å². The fourth-order valence-corrected chi connectivity index (χ4v) is 2.62. The zero-order chi connectivity index (χ0) is 13.8. The van der Waals surface area contributed by atoms with E-state index >= 15 is 0 Å². The minimum atomic E-state index is 0.00708. The quantitative estimate of drug-likeness (QED) is 0.859. The molecule has 0 saturated heterocycles. The fraction of sp³-hybridized carbons (Fsp3) is 0.333. The highest BCUT2D eigenvalue weighted by Crippen LogP contribution is 2.27. The second-order valence-electron chi connectivity index (χ2n) is 5.04. The van der Waals surface area contributed by atoms with Crippen molar-refractivity contribution in [2.75, 3.05) is 18.4 Å². The van der Waals surface area contributed by atoms with Crippen LogP contribution in [0.25, 0.3) is 10.6 Å². The molecule has 1 amide bonds. The molecule has 0 atom stereocenters. The number of amides is 1. The van der Waals surface area contributed by atoms with Crippen molar-refractivity contribution in [1.29, 1.82) is 0 Å². The van der Waals surface area contributed by atoms with E-state index in [-0.39, 0.29) is 5.91 Å². The van der Waals surface area contributed by atoms with Crippen LogP contribution in [0.3, 0.4) is 0 Å². The minimum absolute atomic E-state index is 0.00708. The van der Waals surface area contributed by atoms with Gasteiger partial charge in [0.1, 0.15) is 5.01 Å². The van der Waals surface area contributed by atoms with Crippen molar-refractivity contribution >= 4 is 22.9 Å². The van der Waals surface area contributed by atoms with E-state index in [1.807, 2.05) is 29.6 Å². The van der Waals surface area contributed by atoms with Crippen molar-refractivity contribution in [3.05, 3.63) is 35.8 Å². The first-order valence-corrected chi connectivity index (χ1v) is 7.70. The summed E-state index contributed by atoms with van der Waals surface area (Å²) < 4.78 is 0. The van der Waals surface area contributed by atoms with Gasteiger partial charge in [0, 0.05) is 22.8 Å². The summed E-state index contributed by atoms with van der Waals surface area (Å²) in [4.78, 5) is 16.0. The molecule has 3 rings (SSSR count). The summed E-state index contributed by atoms with van der Waals surface area (Å²) in [6.45, 7) is 1.33. The number of aromatic nitrogens is 1. The van der Waals surface area contributed by atoms with Crippen LogP contribution in [-0.2, 0) is 4.79 Å². The molecule has 1 aliphatic rings. The molecule has 2 N–H and O–H groups in total. The number of hydrogen-bond donors (Lipinski definition) is 2. The normalized spacial score (nSPS) is 14.2. The van der Waals surface area contributed by atoms with Gasteiger partial charge in [0.2, 0.25) is 5.91 Å². The molecule has 1 aromatic carbocycles. The van der Waals surface area contributed by atoms with Crippen LogP contribution in [0.2, 0.25) is 0 Å². The van der Waals surface area contributed by atoms with Crippen LogP contribution in [0.1, 0.15) is 12.8 Å². The Kier molecular flexibility index (Phi) is 4.08. The Labute approximate surface area is 122 Å². The summed E-state index contributed by atoms with van der Waals surface area (Å²) in [5.74, 6) is 0.799. The lowest BCUT2D eigenvalue weighted by Crippen LogP contribution is -2.29. The number of hydrogen-bond acceptors (Lipinski definition) is 4. The molecule has 1 aliphatic carbocycles. The predicted octanol–water partition coefficient (Wildman–Crippen LogP) is 2.75. The third-order valence-electron chi connectivity index (χ3n) is 3.26. The zero-order valence-corrected chi connectivity index (χ0v) is 12.0. The predicted molar refractivity (Wildman–Crippen MR) is 81.8 cm³/mol. The molecular weight excluding hydrogens is 270 g/mol.